The maximum Gasteiger partial charge on any atom is 0.355 e. The molecular formula is C21H30N2O4S2. The summed E-state index contributed by atoms with van der Waals surface area (Å²) in [5.41, 5.74) is 0.0685. The Morgan fingerprint density at radius 1 is 1.52 bits per heavy atom. The number of carbonyl (C=O) groups is 2. The number of aliphatic hydroxyl groups is 1. The maximum absolute atomic E-state index is 12.6. The number of hydrogen-bond donors (Lipinski definition) is 2. The first-order chi connectivity index (χ1) is 13.9. The van der Waals surface area contributed by atoms with Gasteiger partial charge < -0.3 is 15.1 Å². The number of rotatable bonds is 12. The number of thiazole rings is 1. The number of carbonyl (C=O) groups excluding carboxylic acids is 1. The lowest BCUT2D eigenvalue weighted by molar-refractivity contribution is -0.130. The molecule has 1 amide bonds. The first-order valence-corrected chi connectivity index (χ1v) is 12.3. The van der Waals surface area contributed by atoms with Gasteiger partial charge in [-0.05, 0) is 24.7 Å². The number of fused-ring (bicyclic) bond motifs is 1. The first kappa shape index (κ1) is 22.3. The van der Waals surface area contributed by atoms with Crippen molar-refractivity contribution in [3.63, 3.8) is 0 Å². The van der Waals surface area contributed by atoms with E-state index in [0.29, 0.717) is 28.5 Å². The van der Waals surface area contributed by atoms with Gasteiger partial charge in [0, 0.05) is 23.6 Å². The Hall–Kier alpha value is -1.38. The van der Waals surface area contributed by atoms with Gasteiger partial charge in [-0.15, -0.1) is 11.3 Å². The largest absolute Gasteiger partial charge is 0.476 e. The van der Waals surface area contributed by atoms with Crippen LogP contribution in [0.4, 0.5) is 0 Å². The summed E-state index contributed by atoms with van der Waals surface area (Å²) in [5, 5.41) is 20.8. The van der Waals surface area contributed by atoms with E-state index in [0.717, 1.165) is 19.3 Å². The van der Waals surface area contributed by atoms with Crippen molar-refractivity contribution in [2.45, 2.75) is 62.4 Å². The van der Waals surface area contributed by atoms with Crippen molar-refractivity contribution in [1.29, 1.82) is 0 Å². The average Bonchev–Trinajstić information content (AvgIpc) is 3.24. The maximum atomic E-state index is 12.6. The molecular weight excluding hydrogens is 408 g/mol. The van der Waals surface area contributed by atoms with Gasteiger partial charge in [0.25, 0.3) is 0 Å². The molecule has 5 atom stereocenters. The van der Waals surface area contributed by atoms with Crippen molar-refractivity contribution >= 4 is 35.0 Å². The smallest absolute Gasteiger partial charge is 0.355 e. The van der Waals surface area contributed by atoms with E-state index in [1.165, 1.54) is 41.3 Å². The van der Waals surface area contributed by atoms with Crippen LogP contribution in [0.5, 0.6) is 0 Å². The van der Waals surface area contributed by atoms with Crippen LogP contribution in [-0.4, -0.2) is 56.4 Å². The average molecular weight is 439 g/mol. The molecule has 2 fully saturated rings. The summed E-state index contributed by atoms with van der Waals surface area (Å²) in [5.74, 6) is 0.895. The number of aromatic nitrogens is 1. The molecule has 1 aliphatic carbocycles. The highest BCUT2D eigenvalue weighted by molar-refractivity contribution is 8.01. The number of nitrogens with zero attached hydrogens (tertiary/aromatic N) is 2. The zero-order valence-electron chi connectivity index (χ0n) is 17.0. The Morgan fingerprint density at radius 3 is 3.00 bits per heavy atom. The lowest BCUT2D eigenvalue weighted by atomic mass is 9.97. The number of carboxylic acids is 1. The third-order valence-corrected chi connectivity index (χ3v) is 7.72. The predicted molar refractivity (Wildman–Crippen MR) is 115 cm³/mol. The molecule has 1 saturated heterocycles. The van der Waals surface area contributed by atoms with Crippen LogP contribution >= 0.6 is 23.1 Å². The van der Waals surface area contributed by atoms with Gasteiger partial charge in [-0.1, -0.05) is 57.0 Å². The topological polar surface area (TPSA) is 90.7 Å². The number of thioether (sulfide) groups is 1. The van der Waals surface area contributed by atoms with Gasteiger partial charge in [-0.25, -0.2) is 9.78 Å². The highest BCUT2D eigenvalue weighted by atomic mass is 32.2. The van der Waals surface area contributed by atoms with Crippen LogP contribution in [-0.2, 0) is 4.79 Å². The highest BCUT2D eigenvalue weighted by Gasteiger charge is 2.57. The minimum Gasteiger partial charge on any atom is -0.476 e. The molecule has 1 aliphatic heterocycles. The number of hydrogen-bond acceptors (Lipinski definition) is 6. The van der Waals surface area contributed by atoms with Gasteiger partial charge in [0.15, 0.2) is 10.0 Å². The van der Waals surface area contributed by atoms with Crippen LogP contribution in [0.3, 0.4) is 0 Å². The SMILES string of the molecule is CCCCC(C)CC(O)C=CC1C2CC2C(=O)N1CCSc1nc(C(=O)O)cs1. The van der Waals surface area contributed by atoms with Crippen LogP contribution in [0.15, 0.2) is 21.9 Å². The van der Waals surface area contributed by atoms with Gasteiger partial charge in [0.05, 0.1) is 12.1 Å². The Labute approximate surface area is 180 Å². The van der Waals surface area contributed by atoms with E-state index in [2.05, 4.69) is 18.8 Å². The number of carboxylic acid groups (broad SMARTS) is 1. The van der Waals surface area contributed by atoms with Gasteiger partial charge in [-0.2, -0.15) is 0 Å². The molecule has 5 unspecified atom stereocenters. The summed E-state index contributed by atoms with van der Waals surface area (Å²) >= 11 is 2.80. The van der Waals surface area contributed by atoms with Crippen LogP contribution in [0.25, 0.3) is 0 Å². The lowest BCUT2D eigenvalue weighted by Gasteiger charge is -2.25. The molecule has 0 spiro atoms. The molecule has 3 rings (SSSR count). The number of amides is 1. The Kier molecular flexibility index (Phi) is 7.76. The molecule has 2 aliphatic rings. The minimum absolute atomic E-state index is 0.0685. The molecule has 6 nitrogen and oxygen atoms in total. The van der Waals surface area contributed by atoms with Crippen LogP contribution in [0, 0.1) is 17.8 Å². The van der Waals surface area contributed by atoms with Crippen molar-refractivity contribution in [3.8, 4) is 0 Å². The molecule has 0 bridgehead atoms. The zero-order chi connectivity index (χ0) is 21.0. The number of unbranched alkanes of at least 4 members (excludes halogenated alkanes) is 1. The molecule has 8 heteroatoms. The molecule has 29 heavy (non-hydrogen) atoms. The van der Waals surface area contributed by atoms with Gasteiger partial charge >= 0.3 is 5.97 Å². The van der Waals surface area contributed by atoms with E-state index in [4.69, 9.17) is 5.11 Å². The Bertz CT molecular complexity index is 751. The normalized spacial score (nSPS) is 25.4. The summed E-state index contributed by atoms with van der Waals surface area (Å²) in [6, 6.07) is 0.0690. The van der Waals surface area contributed by atoms with Crippen molar-refractivity contribution < 1.29 is 19.8 Å². The summed E-state index contributed by atoms with van der Waals surface area (Å²) in [6.07, 6.45) is 8.66. The quantitative estimate of drug-likeness (QED) is 0.380. The van der Waals surface area contributed by atoms with Crippen molar-refractivity contribution in [2.24, 2.45) is 17.8 Å². The van der Waals surface area contributed by atoms with Crippen LogP contribution < -0.4 is 0 Å². The number of likely N-dealkylation sites (tertiary alicyclic amines) is 1. The monoisotopic (exact) mass is 438 g/mol. The van der Waals surface area contributed by atoms with Gasteiger partial charge in [0.2, 0.25) is 5.91 Å². The van der Waals surface area contributed by atoms with E-state index >= 15 is 0 Å². The molecule has 0 aromatic carbocycles. The van der Waals surface area contributed by atoms with Crippen LogP contribution in [0.1, 0.15) is 56.4 Å². The Balaban J connectivity index is 1.50. The fraction of sp³-hybridized carbons (Fsp3) is 0.667. The number of piperidine rings is 1. The molecule has 1 saturated carbocycles. The standard InChI is InChI=1S/C21H30N2O4S2/c1-3-4-5-13(2)10-14(24)6-7-18-15-11-16(15)19(25)23(18)8-9-28-21-22-17(12-29-21)20(26)27/h6-7,12-16,18,24H,3-5,8-11H2,1-2H3,(H,26,27). The first-order valence-electron chi connectivity index (χ1n) is 10.4. The van der Waals surface area contributed by atoms with E-state index < -0.39 is 12.1 Å². The third-order valence-electron chi connectivity index (χ3n) is 5.72. The summed E-state index contributed by atoms with van der Waals surface area (Å²) in [7, 11) is 0. The molecule has 1 aromatic heterocycles. The molecule has 1 aromatic rings. The van der Waals surface area contributed by atoms with E-state index in [1.54, 1.807) is 0 Å². The summed E-state index contributed by atoms with van der Waals surface area (Å²) < 4.78 is 0.711. The van der Waals surface area contributed by atoms with Crippen LogP contribution in [0.2, 0.25) is 0 Å². The summed E-state index contributed by atoms with van der Waals surface area (Å²) in [4.78, 5) is 29.5. The van der Waals surface area contributed by atoms with E-state index in [-0.39, 0.29) is 23.6 Å². The zero-order valence-corrected chi connectivity index (χ0v) is 18.6. The van der Waals surface area contributed by atoms with Gasteiger partial charge in [-0.3, -0.25) is 4.79 Å². The van der Waals surface area contributed by atoms with E-state index in [9.17, 15) is 14.7 Å². The number of aromatic carboxylic acids is 1. The molecule has 2 heterocycles. The second-order valence-electron chi connectivity index (χ2n) is 8.12. The lowest BCUT2D eigenvalue weighted by Crippen LogP contribution is -2.37. The fourth-order valence-electron chi connectivity index (χ4n) is 4.03. The third kappa shape index (κ3) is 5.83. The molecule has 0 radical (unpaired) electrons. The molecule has 160 valence electrons. The van der Waals surface area contributed by atoms with E-state index in [1.807, 2.05) is 17.1 Å². The van der Waals surface area contributed by atoms with Crippen molar-refractivity contribution in [2.75, 3.05) is 12.3 Å². The predicted octanol–water partition coefficient (Wildman–Crippen LogP) is 3.91. The summed E-state index contributed by atoms with van der Waals surface area (Å²) in [6.45, 7) is 4.97. The molecule has 2 N–H and O–H groups in total. The highest BCUT2D eigenvalue weighted by Crippen LogP contribution is 2.51. The van der Waals surface area contributed by atoms with Gasteiger partial charge in [0.1, 0.15) is 0 Å². The Morgan fingerprint density at radius 2 is 2.31 bits per heavy atom. The number of aliphatic hydroxyl groups excluding tert-OH is 1. The fourth-order valence-corrected chi connectivity index (χ4v) is 5.84. The minimum atomic E-state index is -1.02. The van der Waals surface area contributed by atoms with Crippen molar-refractivity contribution in [1.82, 2.24) is 9.88 Å². The second kappa shape index (κ2) is 10.1. The second-order valence-corrected chi connectivity index (χ2v) is 10.3. The van der Waals surface area contributed by atoms with Crippen molar-refractivity contribution in [3.05, 3.63) is 23.2 Å².